The first-order valence-corrected chi connectivity index (χ1v) is 7.20. The Labute approximate surface area is 141 Å². The Hall–Kier alpha value is -2.84. The van der Waals surface area contributed by atoms with Crippen LogP contribution in [0.2, 0.25) is 0 Å². The molecule has 0 radical (unpaired) electrons. The van der Waals surface area contributed by atoms with Crippen molar-refractivity contribution in [2.75, 3.05) is 0 Å². The summed E-state index contributed by atoms with van der Waals surface area (Å²) in [7, 11) is 0. The van der Waals surface area contributed by atoms with E-state index in [1.165, 1.54) is 6.08 Å². The minimum absolute atomic E-state index is 0.119. The molecule has 0 saturated carbocycles. The predicted molar refractivity (Wildman–Crippen MR) is 82.5 cm³/mol. The first kappa shape index (κ1) is 20.2. The molecule has 0 aromatic heterocycles. The summed E-state index contributed by atoms with van der Waals surface area (Å²) >= 11 is 0. The fourth-order valence-electron chi connectivity index (χ4n) is 1.96. The molecule has 0 heterocycles. The zero-order valence-corrected chi connectivity index (χ0v) is 13.0. The Kier molecular flexibility index (Phi) is 7.16. The second-order valence-electron chi connectivity index (χ2n) is 5.14. The third-order valence-electron chi connectivity index (χ3n) is 3.18. The summed E-state index contributed by atoms with van der Waals surface area (Å²) in [6, 6.07) is 5.12. The van der Waals surface area contributed by atoms with E-state index < -0.39 is 36.0 Å². The lowest BCUT2D eigenvalue weighted by Crippen LogP contribution is -2.54. The summed E-state index contributed by atoms with van der Waals surface area (Å²) in [6.45, 7) is 3.35. The van der Waals surface area contributed by atoms with Gasteiger partial charge in [-0.1, -0.05) is 36.4 Å². The van der Waals surface area contributed by atoms with Crippen LogP contribution in [0.1, 0.15) is 12.0 Å². The number of amides is 2. The second-order valence-corrected chi connectivity index (χ2v) is 5.14. The second kappa shape index (κ2) is 8.86. The molecule has 0 saturated heterocycles. The molecule has 0 aliphatic carbocycles. The number of aliphatic carboxylic acids is 1. The Morgan fingerprint density at radius 1 is 1.12 bits per heavy atom. The van der Waals surface area contributed by atoms with Gasteiger partial charge in [0.25, 0.3) is 0 Å². The van der Waals surface area contributed by atoms with E-state index in [4.69, 9.17) is 5.11 Å². The first-order valence-electron chi connectivity index (χ1n) is 7.20. The van der Waals surface area contributed by atoms with Crippen LogP contribution in [0.25, 0.3) is 0 Å². The van der Waals surface area contributed by atoms with E-state index in [0.29, 0.717) is 5.56 Å². The Balaban J connectivity index is 2.95. The molecule has 2 unspecified atom stereocenters. The maximum Gasteiger partial charge on any atom is 0.471 e. The molecule has 0 fully saturated rings. The van der Waals surface area contributed by atoms with Crippen LogP contribution in [0.4, 0.5) is 13.2 Å². The largest absolute Gasteiger partial charge is 0.480 e. The number of halogens is 3. The lowest BCUT2D eigenvalue weighted by atomic mass is 10.0. The SMILES string of the molecule is C=CCC(NC(=O)C(Cc1ccccc1)NC(=O)C(F)(F)F)C(=O)O. The molecule has 1 rings (SSSR count). The van der Waals surface area contributed by atoms with E-state index in [1.807, 2.05) is 0 Å². The van der Waals surface area contributed by atoms with Crippen LogP contribution < -0.4 is 10.6 Å². The number of carbonyl (C=O) groups excluding carboxylic acids is 2. The van der Waals surface area contributed by atoms with Crippen LogP contribution in [0.5, 0.6) is 0 Å². The van der Waals surface area contributed by atoms with Gasteiger partial charge in [0.05, 0.1) is 0 Å². The average Bonchev–Trinajstić information content (AvgIpc) is 2.53. The van der Waals surface area contributed by atoms with Gasteiger partial charge in [-0.05, 0) is 12.0 Å². The fraction of sp³-hybridized carbons (Fsp3) is 0.312. The number of benzene rings is 1. The lowest BCUT2D eigenvalue weighted by molar-refractivity contribution is -0.174. The van der Waals surface area contributed by atoms with Crippen LogP contribution in [-0.4, -0.2) is 41.2 Å². The molecule has 6 nitrogen and oxygen atoms in total. The van der Waals surface area contributed by atoms with Gasteiger partial charge in [0.1, 0.15) is 12.1 Å². The van der Waals surface area contributed by atoms with Crippen LogP contribution in [0.3, 0.4) is 0 Å². The van der Waals surface area contributed by atoms with Crippen molar-refractivity contribution in [2.24, 2.45) is 0 Å². The quantitative estimate of drug-likeness (QED) is 0.613. The van der Waals surface area contributed by atoms with Gasteiger partial charge in [-0.2, -0.15) is 13.2 Å². The van der Waals surface area contributed by atoms with Crippen molar-refractivity contribution < 1.29 is 32.7 Å². The maximum atomic E-state index is 12.5. The number of carbonyl (C=O) groups is 3. The summed E-state index contributed by atoms with van der Waals surface area (Å²) in [5.74, 6) is -4.68. The van der Waals surface area contributed by atoms with Gasteiger partial charge in [-0.25, -0.2) is 4.79 Å². The minimum atomic E-state index is -5.16. The summed E-state index contributed by atoms with van der Waals surface area (Å²) in [5, 5.41) is 12.7. The smallest absolute Gasteiger partial charge is 0.471 e. The number of hydrogen-bond acceptors (Lipinski definition) is 3. The number of carboxylic acids is 1. The highest BCUT2D eigenvalue weighted by molar-refractivity contribution is 5.92. The normalized spacial score (nSPS) is 13.4. The molecular weight excluding hydrogens is 341 g/mol. The van der Waals surface area contributed by atoms with E-state index in [0.717, 1.165) is 0 Å². The Bertz CT molecular complexity index is 632. The highest BCUT2D eigenvalue weighted by Gasteiger charge is 2.41. The number of rotatable bonds is 8. The summed E-state index contributed by atoms with van der Waals surface area (Å²) in [6.07, 6.45) is -4.26. The topological polar surface area (TPSA) is 95.5 Å². The third kappa shape index (κ3) is 6.66. The third-order valence-corrected chi connectivity index (χ3v) is 3.18. The van der Waals surface area contributed by atoms with Crippen molar-refractivity contribution in [1.82, 2.24) is 10.6 Å². The zero-order chi connectivity index (χ0) is 19.0. The van der Waals surface area contributed by atoms with E-state index in [1.54, 1.807) is 35.6 Å². The highest BCUT2D eigenvalue weighted by Crippen LogP contribution is 2.15. The molecule has 0 bridgehead atoms. The number of alkyl halides is 3. The molecule has 1 aromatic carbocycles. The standard InChI is InChI=1S/C16H17F3N2O4/c1-2-6-11(14(23)24)20-13(22)12(21-15(25)16(17,18)19)9-10-7-4-3-5-8-10/h2-5,7-8,11-12H,1,6,9H2,(H,20,22)(H,21,25)(H,23,24). The highest BCUT2D eigenvalue weighted by atomic mass is 19.4. The maximum absolute atomic E-state index is 12.5. The van der Waals surface area contributed by atoms with Crippen LogP contribution >= 0.6 is 0 Å². The van der Waals surface area contributed by atoms with Gasteiger partial charge in [0.2, 0.25) is 5.91 Å². The molecule has 1 aromatic rings. The summed E-state index contributed by atoms with van der Waals surface area (Å²) < 4.78 is 37.4. The molecule has 2 atom stereocenters. The number of hydrogen-bond donors (Lipinski definition) is 3. The molecule has 9 heteroatoms. The average molecular weight is 358 g/mol. The fourth-order valence-corrected chi connectivity index (χ4v) is 1.96. The zero-order valence-electron chi connectivity index (χ0n) is 13.0. The van der Waals surface area contributed by atoms with E-state index >= 15 is 0 Å². The van der Waals surface area contributed by atoms with Crippen molar-refractivity contribution in [3.05, 3.63) is 48.6 Å². The van der Waals surface area contributed by atoms with Crippen molar-refractivity contribution in [3.8, 4) is 0 Å². The monoisotopic (exact) mass is 358 g/mol. The Morgan fingerprint density at radius 2 is 1.72 bits per heavy atom. The van der Waals surface area contributed by atoms with Gasteiger partial charge in [0, 0.05) is 6.42 Å². The molecule has 3 N–H and O–H groups in total. The molecular formula is C16H17F3N2O4. The molecule has 2 amide bonds. The summed E-state index contributed by atoms with van der Waals surface area (Å²) in [5.41, 5.74) is 0.501. The van der Waals surface area contributed by atoms with Crippen molar-refractivity contribution >= 4 is 17.8 Å². The predicted octanol–water partition coefficient (Wildman–Crippen LogP) is 1.42. The van der Waals surface area contributed by atoms with Crippen LogP contribution in [0, 0.1) is 0 Å². The minimum Gasteiger partial charge on any atom is -0.480 e. The molecule has 136 valence electrons. The number of nitrogens with one attached hydrogen (secondary N) is 2. The van der Waals surface area contributed by atoms with E-state index in [9.17, 15) is 27.6 Å². The van der Waals surface area contributed by atoms with Crippen molar-refractivity contribution in [2.45, 2.75) is 31.1 Å². The van der Waals surface area contributed by atoms with Gasteiger partial charge in [0.15, 0.2) is 0 Å². The summed E-state index contributed by atoms with van der Waals surface area (Å²) in [4.78, 5) is 34.4. The van der Waals surface area contributed by atoms with Gasteiger partial charge in [-0.3, -0.25) is 9.59 Å². The first-order chi connectivity index (χ1) is 11.6. The van der Waals surface area contributed by atoms with Crippen LogP contribution in [-0.2, 0) is 20.8 Å². The van der Waals surface area contributed by atoms with Crippen molar-refractivity contribution in [1.29, 1.82) is 0 Å². The number of carboxylic acid groups (broad SMARTS) is 1. The molecule has 25 heavy (non-hydrogen) atoms. The lowest BCUT2D eigenvalue weighted by Gasteiger charge is -2.21. The van der Waals surface area contributed by atoms with Gasteiger partial charge >= 0.3 is 18.1 Å². The van der Waals surface area contributed by atoms with E-state index in [-0.39, 0.29) is 12.8 Å². The van der Waals surface area contributed by atoms with Gasteiger partial charge in [-0.15, -0.1) is 6.58 Å². The molecule has 0 spiro atoms. The molecule has 0 aliphatic rings. The van der Waals surface area contributed by atoms with E-state index in [2.05, 4.69) is 11.9 Å². The Morgan fingerprint density at radius 3 is 2.20 bits per heavy atom. The van der Waals surface area contributed by atoms with Crippen LogP contribution in [0.15, 0.2) is 43.0 Å². The van der Waals surface area contributed by atoms with Gasteiger partial charge < -0.3 is 15.7 Å². The molecule has 0 aliphatic heterocycles. The van der Waals surface area contributed by atoms with Crippen molar-refractivity contribution in [3.63, 3.8) is 0 Å².